The van der Waals surface area contributed by atoms with E-state index >= 15 is 0 Å². The lowest BCUT2D eigenvalue weighted by molar-refractivity contribution is -0.738. The molecule has 144 valence electrons. The number of amides is 3. The number of benzene rings is 1. The first-order chi connectivity index (χ1) is 12.7. The molecule has 27 heavy (non-hydrogen) atoms. The Bertz CT molecular complexity index is 855. The summed E-state index contributed by atoms with van der Waals surface area (Å²) in [5.74, 6) is -1.67. The molecule has 6 nitrogen and oxygen atoms in total. The van der Waals surface area contributed by atoms with Crippen LogP contribution in [0.25, 0.3) is 0 Å². The SMILES string of the molecule is CC[C@@H](C)N1C(=O)[C@@H]2[C@@H](C(C)C)[NH2+][C@@]3(C(=O)Nc4ccc(Cl)cc43)[C@@H]2C1=O. The van der Waals surface area contributed by atoms with E-state index in [0.29, 0.717) is 22.7 Å². The zero-order valence-electron chi connectivity index (χ0n) is 16.0. The molecule has 1 aromatic carbocycles. The Balaban J connectivity index is 1.92. The van der Waals surface area contributed by atoms with E-state index in [9.17, 15) is 14.4 Å². The number of carbonyl (C=O) groups is 3. The zero-order valence-corrected chi connectivity index (χ0v) is 16.7. The van der Waals surface area contributed by atoms with Crippen LogP contribution in [-0.2, 0) is 19.9 Å². The smallest absolute Gasteiger partial charge is 0.291 e. The minimum atomic E-state index is -1.13. The summed E-state index contributed by atoms with van der Waals surface area (Å²) in [7, 11) is 0. The van der Waals surface area contributed by atoms with Gasteiger partial charge in [0.05, 0.1) is 5.69 Å². The van der Waals surface area contributed by atoms with Gasteiger partial charge in [-0.2, -0.15) is 0 Å². The van der Waals surface area contributed by atoms with Crippen molar-refractivity contribution in [2.75, 3.05) is 5.32 Å². The summed E-state index contributed by atoms with van der Waals surface area (Å²) in [5.41, 5.74) is 0.255. The third kappa shape index (κ3) is 2.26. The number of rotatable bonds is 3. The summed E-state index contributed by atoms with van der Waals surface area (Å²) in [6.45, 7) is 7.91. The highest BCUT2D eigenvalue weighted by molar-refractivity contribution is 6.31. The molecule has 1 aromatic rings. The second-order valence-electron chi connectivity index (χ2n) is 8.31. The normalized spacial score (nSPS) is 33.0. The van der Waals surface area contributed by atoms with Crippen molar-refractivity contribution in [3.63, 3.8) is 0 Å². The molecule has 2 fully saturated rings. The Morgan fingerprint density at radius 3 is 2.56 bits per heavy atom. The fourth-order valence-electron chi connectivity index (χ4n) is 5.11. The monoisotopic (exact) mass is 390 g/mol. The number of nitrogens with two attached hydrogens (primary N) is 1. The molecule has 2 saturated heterocycles. The minimum absolute atomic E-state index is 0.140. The van der Waals surface area contributed by atoms with Crippen LogP contribution in [0, 0.1) is 17.8 Å². The molecule has 3 N–H and O–H groups in total. The topological polar surface area (TPSA) is 83.1 Å². The van der Waals surface area contributed by atoms with Gasteiger partial charge in [0.1, 0.15) is 17.9 Å². The Hall–Kier alpha value is -1.92. The van der Waals surface area contributed by atoms with Gasteiger partial charge in [-0.15, -0.1) is 0 Å². The Morgan fingerprint density at radius 1 is 1.22 bits per heavy atom. The number of nitrogens with zero attached hydrogens (tertiary/aromatic N) is 1. The largest absolute Gasteiger partial charge is 0.326 e. The standard InChI is InChI=1S/C20H24ClN3O3/c1-5-10(4)24-17(25)14-15(18(24)26)20(23-16(14)9(2)3)12-8-11(21)6-7-13(12)22-19(20)27/h6-10,14-16,23H,5H2,1-4H3,(H,22,27)/p+1/t10-,14+,15+,16-,20-/m1/s1. The molecule has 3 amide bonds. The fourth-order valence-corrected chi connectivity index (χ4v) is 5.28. The maximum atomic E-state index is 13.4. The number of nitrogens with one attached hydrogen (secondary N) is 1. The molecule has 0 aliphatic carbocycles. The van der Waals surface area contributed by atoms with Crippen molar-refractivity contribution in [2.45, 2.75) is 51.7 Å². The maximum absolute atomic E-state index is 13.4. The van der Waals surface area contributed by atoms with Crippen LogP contribution in [0.4, 0.5) is 5.69 Å². The van der Waals surface area contributed by atoms with Crippen molar-refractivity contribution in [3.8, 4) is 0 Å². The fraction of sp³-hybridized carbons (Fsp3) is 0.550. The van der Waals surface area contributed by atoms with Crippen molar-refractivity contribution in [1.29, 1.82) is 0 Å². The lowest BCUT2D eigenvalue weighted by Crippen LogP contribution is -2.99. The van der Waals surface area contributed by atoms with Crippen molar-refractivity contribution in [3.05, 3.63) is 28.8 Å². The number of halogens is 1. The van der Waals surface area contributed by atoms with E-state index in [-0.39, 0.29) is 35.7 Å². The third-order valence-electron chi connectivity index (χ3n) is 6.60. The van der Waals surface area contributed by atoms with Gasteiger partial charge in [-0.05, 0) is 31.5 Å². The average molecular weight is 391 g/mol. The highest BCUT2D eigenvalue weighted by Crippen LogP contribution is 2.50. The zero-order chi connectivity index (χ0) is 19.7. The summed E-state index contributed by atoms with van der Waals surface area (Å²) >= 11 is 6.23. The highest BCUT2D eigenvalue weighted by atomic mass is 35.5. The average Bonchev–Trinajstić information content (AvgIpc) is 3.20. The predicted octanol–water partition coefficient (Wildman–Crippen LogP) is 1.49. The molecular formula is C20H25ClN3O3+. The van der Waals surface area contributed by atoms with Crippen LogP contribution in [-0.4, -0.2) is 34.7 Å². The van der Waals surface area contributed by atoms with Crippen LogP contribution < -0.4 is 10.6 Å². The predicted molar refractivity (Wildman–Crippen MR) is 101 cm³/mol. The van der Waals surface area contributed by atoms with Crippen LogP contribution in [0.15, 0.2) is 18.2 Å². The number of anilines is 1. The molecule has 3 heterocycles. The van der Waals surface area contributed by atoms with E-state index in [1.54, 1.807) is 18.2 Å². The summed E-state index contributed by atoms with van der Waals surface area (Å²) in [4.78, 5) is 41.3. The first-order valence-corrected chi connectivity index (χ1v) is 9.96. The summed E-state index contributed by atoms with van der Waals surface area (Å²) in [5, 5.41) is 5.38. The van der Waals surface area contributed by atoms with Crippen LogP contribution in [0.5, 0.6) is 0 Å². The van der Waals surface area contributed by atoms with Gasteiger partial charge >= 0.3 is 0 Å². The van der Waals surface area contributed by atoms with Crippen molar-refractivity contribution < 1.29 is 19.7 Å². The molecule has 3 aliphatic heterocycles. The Morgan fingerprint density at radius 2 is 1.93 bits per heavy atom. The highest BCUT2D eigenvalue weighted by Gasteiger charge is 2.74. The molecule has 0 aromatic heterocycles. The number of hydrogen-bond donors (Lipinski definition) is 2. The molecular weight excluding hydrogens is 366 g/mol. The minimum Gasteiger partial charge on any atom is -0.326 e. The molecule has 0 saturated carbocycles. The third-order valence-corrected chi connectivity index (χ3v) is 6.83. The number of fused-ring (bicyclic) bond motifs is 4. The van der Waals surface area contributed by atoms with Gasteiger partial charge in [0.2, 0.25) is 17.4 Å². The van der Waals surface area contributed by atoms with E-state index in [1.165, 1.54) is 4.90 Å². The van der Waals surface area contributed by atoms with E-state index in [4.69, 9.17) is 11.6 Å². The van der Waals surface area contributed by atoms with Gasteiger partial charge in [0.25, 0.3) is 5.91 Å². The Labute approximate surface area is 163 Å². The van der Waals surface area contributed by atoms with Crippen LogP contribution in [0.3, 0.4) is 0 Å². The van der Waals surface area contributed by atoms with Gasteiger partial charge in [-0.25, -0.2) is 0 Å². The summed E-state index contributed by atoms with van der Waals surface area (Å²) in [6.07, 6.45) is 0.689. The van der Waals surface area contributed by atoms with Gasteiger partial charge in [0.15, 0.2) is 0 Å². The number of hydrogen-bond acceptors (Lipinski definition) is 3. The first-order valence-electron chi connectivity index (χ1n) is 9.58. The van der Waals surface area contributed by atoms with E-state index in [2.05, 4.69) is 5.32 Å². The molecule has 4 rings (SSSR count). The first kappa shape index (κ1) is 18.4. The second kappa shape index (κ2) is 6.04. The molecule has 0 radical (unpaired) electrons. The number of likely N-dealkylation sites (tertiary alicyclic amines) is 1. The maximum Gasteiger partial charge on any atom is 0.291 e. The number of imide groups is 1. The molecule has 3 aliphatic rings. The van der Waals surface area contributed by atoms with Crippen LogP contribution in [0.2, 0.25) is 5.02 Å². The molecule has 0 bridgehead atoms. The van der Waals surface area contributed by atoms with Crippen molar-refractivity contribution >= 4 is 35.0 Å². The molecule has 0 unspecified atom stereocenters. The summed E-state index contributed by atoms with van der Waals surface area (Å²) in [6, 6.07) is 4.93. The van der Waals surface area contributed by atoms with E-state index in [1.807, 2.05) is 33.0 Å². The lowest BCUT2D eigenvalue weighted by atomic mass is 9.76. The van der Waals surface area contributed by atoms with E-state index in [0.717, 1.165) is 0 Å². The van der Waals surface area contributed by atoms with Gasteiger partial charge in [-0.1, -0.05) is 32.4 Å². The molecule has 7 heteroatoms. The Kier molecular flexibility index (Phi) is 4.13. The van der Waals surface area contributed by atoms with Gasteiger partial charge in [0, 0.05) is 22.5 Å². The molecule has 1 spiro atoms. The van der Waals surface area contributed by atoms with Crippen LogP contribution >= 0.6 is 11.6 Å². The summed E-state index contributed by atoms with van der Waals surface area (Å²) < 4.78 is 0. The van der Waals surface area contributed by atoms with Crippen LogP contribution in [0.1, 0.15) is 39.7 Å². The lowest BCUT2D eigenvalue weighted by Gasteiger charge is -2.29. The van der Waals surface area contributed by atoms with Gasteiger partial charge in [-0.3, -0.25) is 19.3 Å². The van der Waals surface area contributed by atoms with Gasteiger partial charge < -0.3 is 10.6 Å². The molecule has 5 atom stereocenters. The quantitative estimate of drug-likeness (QED) is 0.767. The number of carbonyl (C=O) groups excluding carboxylic acids is 3. The van der Waals surface area contributed by atoms with E-state index < -0.39 is 17.4 Å². The van der Waals surface area contributed by atoms with Crippen molar-refractivity contribution in [2.24, 2.45) is 17.8 Å². The second-order valence-corrected chi connectivity index (χ2v) is 8.74. The van der Waals surface area contributed by atoms with Crippen molar-refractivity contribution in [1.82, 2.24) is 4.90 Å². The number of quaternary nitrogens is 1.